The molecule has 7 N–H and O–H groups in total. The van der Waals surface area contributed by atoms with E-state index in [9.17, 15) is 19.1 Å². The Balaban J connectivity index is 0. The Kier molecular flexibility index (Phi) is 24.7. The summed E-state index contributed by atoms with van der Waals surface area (Å²) >= 11 is 0. The number of rotatable bonds is 21. The molecule has 0 saturated carbocycles. The lowest BCUT2D eigenvalue weighted by Crippen LogP contribution is -2.30. The lowest BCUT2D eigenvalue weighted by molar-refractivity contribution is -0.341. The van der Waals surface area contributed by atoms with Crippen LogP contribution < -0.4 is 27.0 Å². The Hall–Kier alpha value is -1.19. The number of phosphoric ester groups is 1. The molecule has 10 nitrogen and oxygen atoms in total. The van der Waals surface area contributed by atoms with Crippen molar-refractivity contribution in [2.24, 2.45) is 22.2 Å². The number of unbranched alkanes of at least 4 members (excludes halogenated alkanes) is 13. The van der Waals surface area contributed by atoms with Gasteiger partial charge in [0.25, 0.3) is 0 Å². The van der Waals surface area contributed by atoms with Gasteiger partial charge in [-0.1, -0.05) is 90.4 Å². The normalized spacial score (nSPS) is 12.0. The third kappa shape index (κ3) is 33.1. The van der Waals surface area contributed by atoms with Crippen LogP contribution >= 0.6 is 7.82 Å². The van der Waals surface area contributed by atoms with E-state index >= 15 is 0 Å². The summed E-state index contributed by atoms with van der Waals surface area (Å²) in [5.74, 6) is -0.987. The largest absolute Gasteiger partial charge is 0.790 e. The monoisotopic (exact) mass is 494 g/mol. The minimum absolute atomic E-state index is 0.0129. The van der Waals surface area contributed by atoms with Crippen LogP contribution in [0.25, 0.3) is 0 Å². The predicted octanol–water partition coefficient (Wildman–Crippen LogP) is 2.76. The van der Waals surface area contributed by atoms with Crippen LogP contribution in [0.5, 0.6) is 0 Å². The second kappa shape index (κ2) is 24.0. The molecule has 0 amide bonds. The van der Waals surface area contributed by atoms with Gasteiger partial charge in [0, 0.05) is 6.54 Å². The Labute approximate surface area is 200 Å². The molecule has 0 aromatic heterocycles. The Morgan fingerprint density at radius 1 is 0.879 bits per heavy atom. The van der Waals surface area contributed by atoms with Crippen LogP contribution in [0.3, 0.4) is 0 Å². The first-order valence-electron chi connectivity index (χ1n) is 12.3. The van der Waals surface area contributed by atoms with E-state index in [-0.39, 0.29) is 12.6 Å². The fourth-order valence-electron chi connectivity index (χ4n) is 3.12. The molecular weight excluding hydrogens is 447 g/mol. The van der Waals surface area contributed by atoms with Gasteiger partial charge in [-0.3, -0.25) is 9.79 Å². The van der Waals surface area contributed by atoms with Crippen molar-refractivity contribution in [2.45, 2.75) is 116 Å². The van der Waals surface area contributed by atoms with Gasteiger partial charge in [-0.05, 0) is 19.3 Å². The third-order valence-corrected chi connectivity index (χ3v) is 5.53. The Morgan fingerprint density at radius 2 is 1.30 bits per heavy atom. The summed E-state index contributed by atoms with van der Waals surface area (Å²) in [5.41, 5.74) is 15.3. The van der Waals surface area contributed by atoms with Crippen LogP contribution in [-0.4, -0.2) is 36.2 Å². The number of guanidine groups is 1. The van der Waals surface area contributed by atoms with Crippen LogP contribution in [0.1, 0.15) is 110 Å². The molecule has 0 aliphatic heterocycles. The van der Waals surface area contributed by atoms with Crippen LogP contribution in [0, 0.1) is 0 Å². The highest BCUT2D eigenvalue weighted by molar-refractivity contribution is 7.43. The van der Waals surface area contributed by atoms with Crippen molar-refractivity contribution in [1.29, 1.82) is 0 Å². The fraction of sp³-hybridized carbons (Fsp3) is 0.909. The van der Waals surface area contributed by atoms with Gasteiger partial charge in [-0.15, -0.1) is 0 Å². The van der Waals surface area contributed by atoms with E-state index in [2.05, 4.69) is 16.4 Å². The summed E-state index contributed by atoms with van der Waals surface area (Å²) in [6.07, 6.45) is 18.4. The van der Waals surface area contributed by atoms with Gasteiger partial charge in [0.15, 0.2) is 5.96 Å². The summed E-state index contributed by atoms with van der Waals surface area (Å²) in [5, 5.41) is 8.38. The smallest absolute Gasteiger partial charge is 0.320 e. The summed E-state index contributed by atoms with van der Waals surface area (Å²) in [6.45, 7) is 2.71. The number of phosphoric acid groups is 1. The van der Waals surface area contributed by atoms with Crippen LogP contribution in [0.4, 0.5) is 0 Å². The SMILES string of the molecule is CCCCCCCCCCCCCCCCOP(=O)([O-])[O-].NC(N)=NCCCC(N)C(=O)O. The quantitative estimate of drug-likeness (QED) is 0.0801. The van der Waals surface area contributed by atoms with Crippen molar-refractivity contribution in [2.75, 3.05) is 13.2 Å². The van der Waals surface area contributed by atoms with Crippen LogP contribution in [0.2, 0.25) is 0 Å². The Bertz CT molecular complexity index is 527. The van der Waals surface area contributed by atoms with E-state index in [0.29, 0.717) is 25.8 Å². The minimum atomic E-state index is -4.75. The van der Waals surface area contributed by atoms with E-state index in [1.54, 1.807) is 0 Å². The van der Waals surface area contributed by atoms with Crippen molar-refractivity contribution in [1.82, 2.24) is 0 Å². The number of carboxylic acids is 1. The molecule has 0 rings (SSSR count). The lowest BCUT2D eigenvalue weighted by Gasteiger charge is -2.28. The highest BCUT2D eigenvalue weighted by atomic mass is 31.2. The van der Waals surface area contributed by atoms with Gasteiger partial charge in [0.05, 0.1) is 14.4 Å². The van der Waals surface area contributed by atoms with Gasteiger partial charge < -0.3 is 41.2 Å². The molecule has 0 saturated heterocycles. The first kappa shape index (κ1) is 34.0. The molecule has 0 bridgehead atoms. The maximum atomic E-state index is 10.2. The summed E-state index contributed by atoms with van der Waals surface area (Å²) in [6, 6.07) is -0.820. The van der Waals surface area contributed by atoms with Crippen LogP contribution in [-0.2, 0) is 13.9 Å². The fourth-order valence-corrected chi connectivity index (χ4v) is 3.47. The molecule has 198 valence electrons. The van der Waals surface area contributed by atoms with Gasteiger partial charge in [-0.2, -0.15) is 0 Å². The average molecular weight is 495 g/mol. The van der Waals surface area contributed by atoms with Crippen molar-refractivity contribution in [3.05, 3.63) is 0 Å². The van der Waals surface area contributed by atoms with E-state index < -0.39 is 19.8 Å². The number of aliphatic imine (C=N–C) groups is 1. The summed E-state index contributed by atoms with van der Waals surface area (Å²) in [7, 11) is -4.75. The first-order valence-corrected chi connectivity index (χ1v) is 13.8. The van der Waals surface area contributed by atoms with E-state index in [0.717, 1.165) is 12.8 Å². The molecule has 0 spiro atoms. The lowest BCUT2D eigenvalue weighted by atomic mass is 10.0. The predicted molar refractivity (Wildman–Crippen MR) is 129 cm³/mol. The molecule has 0 aliphatic carbocycles. The van der Waals surface area contributed by atoms with Gasteiger partial charge in [-0.25, -0.2) is 0 Å². The summed E-state index contributed by atoms with van der Waals surface area (Å²) in [4.78, 5) is 34.3. The van der Waals surface area contributed by atoms with Gasteiger partial charge >= 0.3 is 5.97 Å². The first-order chi connectivity index (χ1) is 15.6. The molecule has 33 heavy (non-hydrogen) atoms. The van der Waals surface area contributed by atoms with Crippen molar-refractivity contribution < 1.29 is 28.8 Å². The molecule has 0 radical (unpaired) electrons. The van der Waals surface area contributed by atoms with E-state index in [1.165, 1.54) is 70.6 Å². The number of nitrogens with zero attached hydrogens (tertiary/aromatic N) is 1. The molecule has 0 aromatic carbocycles. The highest BCUT2D eigenvalue weighted by Gasteiger charge is 2.09. The van der Waals surface area contributed by atoms with Gasteiger partial charge in [0.2, 0.25) is 0 Å². The van der Waals surface area contributed by atoms with E-state index in [1.807, 2.05) is 0 Å². The molecule has 11 heteroatoms. The molecule has 1 atom stereocenters. The maximum absolute atomic E-state index is 10.2. The van der Waals surface area contributed by atoms with Crippen molar-refractivity contribution in [3.63, 3.8) is 0 Å². The molecule has 1 unspecified atom stereocenters. The van der Waals surface area contributed by atoms with Crippen LogP contribution in [0.15, 0.2) is 4.99 Å². The molecule has 0 heterocycles. The van der Waals surface area contributed by atoms with Gasteiger partial charge in [0.1, 0.15) is 6.04 Å². The molecule has 0 aliphatic rings. The molecule has 0 aromatic rings. The van der Waals surface area contributed by atoms with E-state index in [4.69, 9.17) is 22.3 Å². The number of carboxylic acid groups (broad SMARTS) is 1. The second-order valence-electron chi connectivity index (χ2n) is 8.27. The molecular formula is C22H47N4O6P-2. The number of hydrogen-bond acceptors (Lipinski definition) is 7. The highest BCUT2D eigenvalue weighted by Crippen LogP contribution is 2.24. The number of aliphatic carboxylic acids is 1. The molecule has 0 fully saturated rings. The topological polar surface area (TPSA) is 200 Å². The zero-order valence-electron chi connectivity index (χ0n) is 20.4. The zero-order chi connectivity index (χ0) is 25.4. The minimum Gasteiger partial charge on any atom is -0.790 e. The zero-order valence-corrected chi connectivity index (χ0v) is 21.3. The standard InChI is InChI=1S/C16H35O4P.C6H14N4O2/c1-2-3-4-5-6-7-8-9-10-11-12-13-14-15-16-20-21(17,18)19;7-4(5(11)12)2-1-3-10-6(8)9/h2-16H2,1H3,(H2,17,18,19);4H,1-3,7H2,(H,11,12)(H4,8,9,10)/p-2. The maximum Gasteiger partial charge on any atom is 0.320 e. The number of hydrogen-bond donors (Lipinski definition) is 4. The van der Waals surface area contributed by atoms with Crippen molar-refractivity contribution >= 4 is 19.8 Å². The number of nitrogens with two attached hydrogens (primary N) is 3. The Morgan fingerprint density at radius 3 is 1.67 bits per heavy atom. The average Bonchev–Trinajstić information content (AvgIpc) is 2.73. The number of carbonyl (C=O) groups is 1. The second-order valence-corrected chi connectivity index (χ2v) is 9.42. The third-order valence-electron chi connectivity index (χ3n) is 5.03. The summed E-state index contributed by atoms with van der Waals surface area (Å²) < 4.78 is 14.4. The van der Waals surface area contributed by atoms with Crippen molar-refractivity contribution in [3.8, 4) is 0 Å².